The monoisotopic (exact) mass is 443 g/mol. The lowest BCUT2D eigenvalue weighted by Gasteiger charge is -2.38. The molecule has 1 saturated heterocycles. The average Bonchev–Trinajstić information content (AvgIpc) is 2.92. The van der Waals surface area contributed by atoms with Crippen molar-refractivity contribution in [3.05, 3.63) is 22.7 Å². The van der Waals surface area contributed by atoms with Crippen molar-refractivity contribution in [2.75, 3.05) is 5.73 Å². The number of aliphatic hydroxyl groups is 1. The smallest absolute Gasteiger partial charge is 0.351 e. The van der Waals surface area contributed by atoms with Crippen molar-refractivity contribution >= 4 is 23.9 Å². The number of ether oxygens (including phenoxy) is 1. The summed E-state index contributed by atoms with van der Waals surface area (Å²) in [6, 6.07) is 3.57. The Bertz CT molecular complexity index is 728. The Balaban J connectivity index is 2.35. The van der Waals surface area contributed by atoms with Gasteiger partial charge in [0.2, 0.25) is 0 Å². The van der Waals surface area contributed by atoms with E-state index in [9.17, 15) is 9.90 Å². The Labute approximate surface area is 176 Å². The maximum absolute atomic E-state index is 12.4. The summed E-state index contributed by atoms with van der Waals surface area (Å²) in [5, 5.41) is 11.1. The van der Waals surface area contributed by atoms with E-state index in [4.69, 9.17) is 19.3 Å². The van der Waals surface area contributed by atoms with Crippen molar-refractivity contribution in [1.29, 1.82) is 0 Å². The van der Waals surface area contributed by atoms with Gasteiger partial charge in [0.15, 0.2) is 24.3 Å². The molecule has 1 aromatic heterocycles. The molecule has 1 aromatic rings. The third-order valence-corrected chi connectivity index (χ3v) is 9.86. The van der Waals surface area contributed by atoms with Crippen LogP contribution in [-0.2, 0) is 13.6 Å². The number of nitrogen functional groups attached to an aromatic ring is 1. The number of hydrogen-bond donors (Lipinski definition) is 2. The predicted octanol–water partition coefficient (Wildman–Crippen LogP) is 1.79. The van der Waals surface area contributed by atoms with E-state index in [2.05, 4.69) is 31.9 Å². The minimum Gasteiger partial charge on any atom is -0.416 e. The fourth-order valence-electron chi connectivity index (χ4n) is 3.78. The van der Waals surface area contributed by atoms with Crippen LogP contribution in [-0.4, -0.2) is 56.7 Å². The second-order valence-electron chi connectivity index (χ2n) is 8.88. The third kappa shape index (κ3) is 5.99. The lowest BCUT2D eigenvalue weighted by molar-refractivity contribution is -0.111. The fourth-order valence-corrected chi connectivity index (χ4v) is 7.23. The highest BCUT2D eigenvalue weighted by atomic mass is 28.4. The second kappa shape index (κ2) is 9.84. The molecule has 1 aliphatic rings. The van der Waals surface area contributed by atoms with Crippen molar-refractivity contribution in [2.45, 2.75) is 95.9 Å². The SMILES string of the molecule is CCC[SiH2]OC(C)(C)C1OC(n2ccc(N)nc2=O)C(O)C1O[Si](C)(C)CCC. The van der Waals surface area contributed by atoms with E-state index in [1.54, 1.807) is 0 Å². The van der Waals surface area contributed by atoms with Gasteiger partial charge in [-0.25, -0.2) is 4.79 Å². The van der Waals surface area contributed by atoms with E-state index in [0.717, 1.165) is 24.9 Å². The van der Waals surface area contributed by atoms with Crippen molar-refractivity contribution in [2.24, 2.45) is 0 Å². The second-order valence-corrected chi connectivity index (χ2v) is 14.5. The zero-order valence-corrected chi connectivity index (χ0v) is 21.0. The van der Waals surface area contributed by atoms with Gasteiger partial charge in [-0.1, -0.05) is 26.7 Å². The summed E-state index contributed by atoms with van der Waals surface area (Å²) in [7, 11) is -2.74. The molecule has 0 aliphatic carbocycles. The molecule has 0 spiro atoms. The summed E-state index contributed by atoms with van der Waals surface area (Å²) in [4.78, 5) is 16.1. The van der Waals surface area contributed by atoms with E-state index >= 15 is 0 Å². The number of nitrogens with two attached hydrogens (primary N) is 1. The lowest BCUT2D eigenvalue weighted by Crippen LogP contribution is -2.52. The van der Waals surface area contributed by atoms with Gasteiger partial charge in [-0.15, -0.1) is 0 Å². The Morgan fingerprint density at radius 1 is 1.38 bits per heavy atom. The van der Waals surface area contributed by atoms with Crippen LogP contribution in [0.15, 0.2) is 17.1 Å². The Morgan fingerprint density at radius 2 is 2.07 bits per heavy atom. The molecule has 2 heterocycles. The quantitative estimate of drug-likeness (QED) is 0.419. The standard InChI is InChI=1S/C19H37N3O5Si2/c1-7-11-28-27-19(3,4)16-15(26-29(5,6)12-8-2)14(23)17(25-16)22-10-9-13(20)21-18(22)24/h9-10,14-17,23H,7-8,11-12,28H2,1-6H3,(H2,20,21,24). The van der Waals surface area contributed by atoms with Crippen molar-refractivity contribution < 1.29 is 18.7 Å². The van der Waals surface area contributed by atoms with Crippen LogP contribution in [0.5, 0.6) is 0 Å². The normalized spacial score (nSPS) is 25.9. The molecule has 1 aliphatic heterocycles. The van der Waals surface area contributed by atoms with Crippen molar-refractivity contribution in [3.8, 4) is 0 Å². The number of aliphatic hydroxyl groups excluding tert-OH is 1. The van der Waals surface area contributed by atoms with Crippen molar-refractivity contribution in [3.63, 3.8) is 0 Å². The lowest BCUT2D eigenvalue weighted by atomic mass is 9.96. The van der Waals surface area contributed by atoms with Gasteiger partial charge in [0.05, 0.1) is 5.60 Å². The minimum atomic E-state index is -2.03. The van der Waals surface area contributed by atoms with Crippen LogP contribution >= 0.6 is 0 Å². The van der Waals surface area contributed by atoms with E-state index in [1.807, 2.05) is 13.8 Å². The zero-order chi connectivity index (χ0) is 21.8. The van der Waals surface area contributed by atoms with E-state index < -0.39 is 53.9 Å². The first-order valence-corrected chi connectivity index (χ1v) is 15.2. The number of aromatic nitrogens is 2. The van der Waals surface area contributed by atoms with E-state index in [-0.39, 0.29) is 5.82 Å². The molecule has 0 radical (unpaired) electrons. The van der Waals surface area contributed by atoms with E-state index in [1.165, 1.54) is 16.8 Å². The molecule has 3 N–H and O–H groups in total. The molecule has 0 bridgehead atoms. The highest BCUT2D eigenvalue weighted by molar-refractivity contribution is 6.71. The Hall–Kier alpha value is -1.05. The molecule has 0 aromatic carbocycles. The van der Waals surface area contributed by atoms with Crippen molar-refractivity contribution in [1.82, 2.24) is 9.55 Å². The van der Waals surface area contributed by atoms with Crippen LogP contribution in [0.4, 0.5) is 5.82 Å². The van der Waals surface area contributed by atoms with Gasteiger partial charge < -0.3 is 24.4 Å². The molecular weight excluding hydrogens is 406 g/mol. The fraction of sp³-hybridized carbons (Fsp3) is 0.789. The first-order chi connectivity index (χ1) is 13.5. The first-order valence-electron chi connectivity index (χ1n) is 10.5. The molecule has 8 nitrogen and oxygen atoms in total. The van der Waals surface area contributed by atoms with Gasteiger partial charge in [0.1, 0.15) is 24.1 Å². The average molecular weight is 444 g/mol. The van der Waals surface area contributed by atoms with Crippen LogP contribution in [0.3, 0.4) is 0 Å². The third-order valence-electron chi connectivity index (χ3n) is 5.30. The molecule has 2 rings (SSSR count). The van der Waals surface area contributed by atoms with Crippen LogP contribution in [0.2, 0.25) is 25.2 Å². The first kappa shape index (κ1) is 24.2. The molecule has 166 valence electrons. The summed E-state index contributed by atoms with van der Waals surface area (Å²) in [6.45, 7) is 12.5. The molecule has 10 heteroatoms. The van der Waals surface area contributed by atoms with Gasteiger partial charge in [-0.05, 0) is 45.1 Å². The molecule has 4 atom stereocenters. The van der Waals surface area contributed by atoms with Crippen LogP contribution < -0.4 is 11.4 Å². The van der Waals surface area contributed by atoms with Gasteiger partial charge in [0.25, 0.3) is 0 Å². The van der Waals surface area contributed by atoms with Crippen LogP contribution in [0.25, 0.3) is 0 Å². The topological polar surface area (TPSA) is 109 Å². The van der Waals surface area contributed by atoms with Crippen LogP contribution in [0.1, 0.15) is 46.8 Å². The summed E-state index contributed by atoms with van der Waals surface area (Å²) < 4.78 is 20.3. The molecular formula is C19H37N3O5Si2. The maximum Gasteiger partial charge on any atom is 0.351 e. The highest BCUT2D eigenvalue weighted by Crippen LogP contribution is 2.39. The largest absolute Gasteiger partial charge is 0.416 e. The van der Waals surface area contributed by atoms with Crippen LogP contribution in [0, 0.1) is 0 Å². The highest BCUT2D eigenvalue weighted by Gasteiger charge is 2.53. The molecule has 0 saturated carbocycles. The Kier molecular flexibility index (Phi) is 8.22. The summed E-state index contributed by atoms with van der Waals surface area (Å²) in [6.07, 6.45) is 0.619. The summed E-state index contributed by atoms with van der Waals surface area (Å²) in [5.74, 6) is 0.133. The molecule has 29 heavy (non-hydrogen) atoms. The molecule has 4 unspecified atom stereocenters. The summed E-state index contributed by atoms with van der Waals surface area (Å²) in [5.41, 5.74) is 4.41. The van der Waals surface area contributed by atoms with Gasteiger partial charge in [-0.2, -0.15) is 4.98 Å². The number of nitrogens with zero attached hydrogens (tertiary/aromatic N) is 2. The summed E-state index contributed by atoms with van der Waals surface area (Å²) >= 11 is 0. The Morgan fingerprint density at radius 3 is 2.66 bits per heavy atom. The van der Waals surface area contributed by atoms with Gasteiger partial charge >= 0.3 is 5.69 Å². The molecule has 0 amide bonds. The number of hydrogen-bond acceptors (Lipinski definition) is 7. The number of anilines is 1. The van der Waals surface area contributed by atoms with Gasteiger partial charge in [0, 0.05) is 6.20 Å². The van der Waals surface area contributed by atoms with Gasteiger partial charge in [-0.3, -0.25) is 4.57 Å². The van der Waals surface area contributed by atoms with E-state index in [0.29, 0.717) is 0 Å². The maximum atomic E-state index is 12.4. The zero-order valence-electron chi connectivity index (χ0n) is 18.6. The minimum absolute atomic E-state index is 0.133. The molecule has 1 fully saturated rings. The predicted molar refractivity (Wildman–Crippen MR) is 119 cm³/mol. The number of rotatable bonds is 10.